The summed E-state index contributed by atoms with van der Waals surface area (Å²) in [6, 6.07) is 0.500. The minimum atomic E-state index is 0.327. The summed E-state index contributed by atoms with van der Waals surface area (Å²) in [5.74, 6) is 1.03. The summed E-state index contributed by atoms with van der Waals surface area (Å²) < 4.78 is 0. The van der Waals surface area contributed by atoms with Crippen LogP contribution in [0.1, 0.15) is 60.3 Å². The molecule has 2 unspecified atom stereocenters. The van der Waals surface area contributed by atoms with Crippen molar-refractivity contribution in [2.45, 2.75) is 66.3 Å². The largest absolute Gasteiger partial charge is 0.343 e. The zero-order valence-electron chi connectivity index (χ0n) is 13.5. The van der Waals surface area contributed by atoms with Crippen molar-refractivity contribution in [1.29, 1.82) is 0 Å². The van der Waals surface area contributed by atoms with Crippen molar-refractivity contribution in [3.8, 4) is 0 Å². The van der Waals surface area contributed by atoms with Crippen LogP contribution in [-0.2, 0) is 4.79 Å². The summed E-state index contributed by atoms with van der Waals surface area (Å²) >= 11 is 0. The lowest BCUT2D eigenvalue weighted by atomic mass is 9.77. The van der Waals surface area contributed by atoms with Crippen LogP contribution in [0.4, 0.5) is 0 Å². The maximum atomic E-state index is 12.2. The number of hydrogen-bond acceptors (Lipinski definition) is 2. The van der Waals surface area contributed by atoms with Gasteiger partial charge in [-0.05, 0) is 44.1 Å². The van der Waals surface area contributed by atoms with Crippen molar-refractivity contribution in [3.63, 3.8) is 0 Å². The van der Waals surface area contributed by atoms with Crippen LogP contribution in [0.15, 0.2) is 0 Å². The Morgan fingerprint density at radius 2 is 2.05 bits per heavy atom. The third-order valence-electron chi connectivity index (χ3n) is 4.42. The van der Waals surface area contributed by atoms with E-state index in [1.165, 1.54) is 0 Å². The second-order valence-corrected chi connectivity index (χ2v) is 7.02. The van der Waals surface area contributed by atoms with Gasteiger partial charge in [-0.1, -0.05) is 27.7 Å². The van der Waals surface area contributed by atoms with Gasteiger partial charge < -0.3 is 10.2 Å². The quantitative estimate of drug-likeness (QED) is 0.831. The minimum absolute atomic E-state index is 0.327. The molecule has 112 valence electrons. The summed E-state index contributed by atoms with van der Waals surface area (Å²) in [7, 11) is 0. The van der Waals surface area contributed by atoms with Crippen molar-refractivity contribution >= 4 is 5.91 Å². The van der Waals surface area contributed by atoms with Crippen LogP contribution in [0.25, 0.3) is 0 Å². The maximum absolute atomic E-state index is 12.2. The molecule has 3 nitrogen and oxygen atoms in total. The lowest BCUT2D eigenvalue weighted by molar-refractivity contribution is -0.130. The first-order valence-electron chi connectivity index (χ1n) is 7.85. The molecule has 0 aromatic carbocycles. The molecule has 0 aromatic heterocycles. The van der Waals surface area contributed by atoms with Crippen molar-refractivity contribution < 1.29 is 4.79 Å². The van der Waals surface area contributed by atoms with E-state index in [0.29, 0.717) is 23.3 Å². The van der Waals surface area contributed by atoms with E-state index in [4.69, 9.17) is 0 Å². The van der Waals surface area contributed by atoms with Crippen molar-refractivity contribution in [1.82, 2.24) is 10.2 Å². The van der Waals surface area contributed by atoms with E-state index in [1.807, 2.05) is 0 Å². The number of nitrogens with zero attached hydrogens (tertiary/aromatic N) is 1. The van der Waals surface area contributed by atoms with Gasteiger partial charge in [-0.2, -0.15) is 0 Å². The Labute approximate surface area is 119 Å². The number of likely N-dealkylation sites (tertiary alicyclic amines) is 1. The zero-order valence-corrected chi connectivity index (χ0v) is 13.5. The Morgan fingerprint density at radius 1 is 1.37 bits per heavy atom. The molecule has 3 heteroatoms. The van der Waals surface area contributed by atoms with Gasteiger partial charge in [0.05, 0.1) is 0 Å². The van der Waals surface area contributed by atoms with E-state index in [-0.39, 0.29) is 0 Å². The van der Waals surface area contributed by atoms with Gasteiger partial charge in [0, 0.05) is 25.6 Å². The number of amides is 1. The van der Waals surface area contributed by atoms with Crippen LogP contribution in [0.3, 0.4) is 0 Å². The highest BCUT2D eigenvalue weighted by atomic mass is 16.2. The highest BCUT2D eigenvalue weighted by Crippen LogP contribution is 2.34. The molecule has 1 aliphatic rings. The van der Waals surface area contributed by atoms with Crippen molar-refractivity contribution in [2.24, 2.45) is 11.3 Å². The number of nitrogens with one attached hydrogen (secondary N) is 1. The number of rotatable bonds is 5. The average Bonchev–Trinajstić information content (AvgIpc) is 2.48. The molecule has 1 heterocycles. The highest BCUT2D eigenvalue weighted by Gasteiger charge is 2.29. The third kappa shape index (κ3) is 5.52. The van der Waals surface area contributed by atoms with Gasteiger partial charge in [0.2, 0.25) is 5.91 Å². The molecule has 19 heavy (non-hydrogen) atoms. The first kappa shape index (κ1) is 16.5. The normalized spacial score (nSPS) is 23.3. The highest BCUT2D eigenvalue weighted by molar-refractivity contribution is 5.76. The predicted molar refractivity (Wildman–Crippen MR) is 81.1 cm³/mol. The van der Waals surface area contributed by atoms with Crippen LogP contribution in [-0.4, -0.2) is 36.5 Å². The Kier molecular flexibility index (Phi) is 6.31. The van der Waals surface area contributed by atoms with E-state index in [9.17, 15) is 4.79 Å². The molecule has 0 saturated carbocycles. The van der Waals surface area contributed by atoms with Crippen molar-refractivity contribution in [2.75, 3.05) is 19.6 Å². The van der Waals surface area contributed by atoms with Crippen LogP contribution >= 0.6 is 0 Å². The molecule has 1 amide bonds. The molecule has 1 rings (SSSR count). The minimum Gasteiger partial charge on any atom is -0.343 e. The fraction of sp³-hybridized carbons (Fsp3) is 0.938. The van der Waals surface area contributed by atoms with Gasteiger partial charge in [0.15, 0.2) is 0 Å². The molecule has 2 atom stereocenters. The molecule has 1 fully saturated rings. The monoisotopic (exact) mass is 268 g/mol. The smallest absolute Gasteiger partial charge is 0.222 e. The molecule has 0 aliphatic carbocycles. The summed E-state index contributed by atoms with van der Waals surface area (Å²) in [6.45, 7) is 14.1. The summed E-state index contributed by atoms with van der Waals surface area (Å²) in [5, 5.41) is 3.41. The number of carbonyl (C=O) groups excluding carboxylic acids is 1. The first-order valence-corrected chi connectivity index (χ1v) is 7.85. The molecule has 1 N–H and O–H groups in total. The average molecular weight is 268 g/mol. The molecule has 1 aliphatic heterocycles. The molecule has 0 spiro atoms. The van der Waals surface area contributed by atoms with Crippen LogP contribution < -0.4 is 5.32 Å². The standard InChI is InChI=1S/C16H32N2O/c1-6-17-13(2)9-11-18-12-10-14(16(3,4)5)7-8-15(18)19/h13-14,17H,6-12H2,1-5H3. The fourth-order valence-corrected chi connectivity index (χ4v) is 2.94. The lowest BCUT2D eigenvalue weighted by Crippen LogP contribution is -2.36. The molecule has 0 radical (unpaired) electrons. The Bertz CT molecular complexity index is 283. The van der Waals surface area contributed by atoms with Crippen LogP contribution in [0, 0.1) is 11.3 Å². The van der Waals surface area contributed by atoms with E-state index in [2.05, 4.69) is 44.8 Å². The first-order chi connectivity index (χ1) is 8.84. The Balaban J connectivity index is 2.45. The topological polar surface area (TPSA) is 32.3 Å². The number of carbonyl (C=O) groups is 1. The van der Waals surface area contributed by atoms with Crippen molar-refractivity contribution in [3.05, 3.63) is 0 Å². The molecule has 0 aromatic rings. The second-order valence-electron chi connectivity index (χ2n) is 7.02. The van der Waals surface area contributed by atoms with E-state index < -0.39 is 0 Å². The van der Waals surface area contributed by atoms with Gasteiger partial charge in [-0.25, -0.2) is 0 Å². The lowest BCUT2D eigenvalue weighted by Gasteiger charge is -2.29. The summed E-state index contributed by atoms with van der Waals surface area (Å²) in [4.78, 5) is 14.2. The molecular formula is C16H32N2O. The van der Waals surface area contributed by atoms with Gasteiger partial charge >= 0.3 is 0 Å². The zero-order chi connectivity index (χ0) is 14.5. The Hall–Kier alpha value is -0.570. The fourth-order valence-electron chi connectivity index (χ4n) is 2.94. The predicted octanol–water partition coefficient (Wildman–Crippen LogP) is 3.05. The van der Waals surface area contributed by atoms with Gasteiger partial charge in [0.25, 0.3) is 0 Å². The van der Waals surface area contributed by atoms with Gasteiger partial charge in [0.1, 0.15) is 0 Å². The second kappa shape index (κ2) is 7.28. The van der Waals surface area contributed by atoms with E-state index in [1.54, 1.807) is 0 Å². The van der Waals surface area contributed by atoms with Gasteiger partial charge in [-0.3, -0.25) is 4.79 Å². The SMILES string of the molecule is CCNC(C)CCN1CCC(C(C)(C)C)CCC1=O. The van der Waals surface area contributed by atoms with Crippen LogP contribution in [0.5, 0.6) is 0 Å². The maximum Gasteiger partial charge on any atom is 0.222 e. The molecule has 1 saturated heterocycles. The Morgan fingerprint density at radius 3 is 2.63 bits per heavy atom. The summed E-state index contributed by atoms with van der Waals surface area (Å²) in [5.41, 5.74) is 0.327. The molecule has 0 bridgehead atoms. The third-order valence-corrected chi connectivity index (χ3v) is 4.42. The number of hydrogen-bond donors (Lipinski definition) is 1. The molecular weight excluding hydrogens is 236 g/mol. The summed E-state index contributed by atoms with van der Waals surface area (Å²) in [6.07, 6.45) is 4.00. The van der Waals surface area contributed by atoms with Gasteiger partial charge in [-0.15, -0.1) is 0 Å². The van der Waals surface area contributed by atoms with Crippen LogP contribution in [0.2, 0.25) is 0 Å². The van der Waals surface area contributed by atoms with E-state index >= 15 is 0 Å². The van der Waals surface area contributed by atoms with E-state index in [0.717, 1.165) is 45.3 Å².